The van der Waals surface area contributed by atoms with E-state index in [-0.39, 0.29) is 12.7 Å². The Labute approximate surface area is 178 Å². The van der Waals surface area contributed by atoms with Crippen molar-refractivity contribution in [3.05, 3.63) is 47.2 Å². The van der Waals surface area contributed by atoms with Crippen LogP contribution >= 0.6 is 0 Å². The molecule has 1 aromatic heterocycles. The third-order valence-corrected chi connectivity index (χ3v) is 4.92. The molecule has 0 aliphatic carbocycles. The second-order valence-corrected chi connectivity index (χ2v) is 6.75. The number of methoxy groups -OCH3 is 3. The fourth-order valence-corrected chi connectivity index (χ4v) is 3.38. The summed E-state index contributed by atoms with van der Waals surface area (Å²) < 4.78 is 32.2. The number of carbonyl (C=O) groups is 1. The molecule has 1 aliphatic heterocycles. The number of amides is 1. The normalized spacial score (nSPS) is 11.9. The molecule has 2 aromatic carbocycles. The van der Waals surface area contributed by atoms with E-state index in [0.717, 1.165) is 5.56 Å². The molecule has 1 amide bonds. The number of ether oxygens (including phenoxy) is 5. The van der Waals surface area contributed by atoms with E-state index in [0.29, 0.717) is 57.9 Å². The molecule has 2 heterocycles. The first kappa shape index (κ1) is 20.4. The van der Waals surface area contributed by atoms with Gasteiger partial charge in [0.1, 0.15) is 17.0 Å². The van der Waals surface area contributed by atoms with Gasteiger partial charge in [-0.3, -0.25) is 4.79 Å². The Hall–Kier alpha value is -3.88. The average Bonchev–Trinajstić information content (AvgIpc) is 3.42. The predicted octanol–water partition coefficient (Wildman–Crippen LogP) is 3.33. The van der Waals surface area contributed by atoms with E-state index in [1.54, 1.807) is 19.1 Å². The third kappa shape index (κ3) is 3.81. The summed E-state index contributed by atoms with van der Waals surface area (Å²) >= 11 is 0. The molecule has 1 N–H and O–H groups in total. The van der Waals surface area contributed by atoms with Crippen molar-refractivity contribution in [2.45, 2.75) is 13.5 Å². The molecule has 0 atom stereocenters. The van der Waals surface area contributed by atoms with E-state index >= 15 is 0 Å². The fourth-order valence-electron chi connectivity index (χ4n) is 3.38. The highest BCUT2D eigenvalue weighted by Gasteiger charge is 2.24. The Morgan fingerprint density at radius 2 is 1.74 bits per heavy atom. The second kappa shape index (κ2) is 8.47. The molecule has 31 heavy (non-hydrogen) atoms. The number of hydrogen-bond donors (Lipinski definition) is 1. The van der Waals surface area contributed by atoms with Gasteiger partial charge in [0.15, 0.2) is 23.0 Å². The summed E-state index contributed by atoms with van der Waals surface area (Å²) in [6.07, 6.45) is 0. The molecule has 0 saturated heterocycles. The van der Waals surface area contributed by atoms with Crippen molar-refractivity contribution in [2.75, 3.05) is 28.1 Å². The maximum Gasteiger partial charge on any atom is 0.257 e. The van der Waals surface area contributed by atoms with Gasteiger partial charge in [0.25, 0.3) is 5.91 Å². The van der Waals surface area contributed by atoms with Crippen LogP contribution in [0, 0.1) is 6.92 Å². The van der Waals surface area contributed by atoms with Crippen molar-refractivity contribution in [1.82, 2.24) is 10.5 Å². The SMILES string of the molecule is COc1cc(-c2noc(C)c2C(=O)NCc2ccc3c(c2)OCO3)cc(OC)c1OC. The number of hydrogen-bond acceptors (Lipinski definition) is 8. The summed E-state index contributed by atoms with van der Waals surface area (Å²) in [6.45, 7) is 2.18. The highest BCUT2D eigenvalue weighted by molar-refractivity contribution is 6.01. The molecule has 0 saturated carbocycles. The lowest BCUT2D eigenvalue weighted by molar-refractivity contribution is 0.0950. The summed E-state index contributed by atoms with van der Waals surface area (Å²) in [7, 11) is 4.57. The largest absolute Gasteiger partial charge is 0.493 e. The van der Waals surface area contributed by atoms with Crippen LogP contribution in [0.15, 0.2) is 34.9 Å². The van der Waals surface area contributed by atoms with Crippen molar-refractivity contribution in [3.63, 3.8) is 0 Å². The first-order chi connectivity index (χ1) is 15.0. The lowest BCUT2D eigenvalue weighted by Gasteiger charge is -2.14. The van der Waals surface area contributed by atoms with E-state index in [2.05, 4.69) is 10.5 Å². The van der Waals surface area contributed by atoms with Gasteiger partial charge in [0.2, 0.25) is 12.5 Å². The number of nitrogens with one attached hydrogen (secondary N) is 1. The Morgan fingerprint density at radius 3 is 2.42 bits per heavy atom. The standard InChI is InChI=1S/C22H22N2O7/c1-12-19(22(25)23-10-13-5-6-15-16(7-13)30-11-29-15)20(24-31-12)14-8-17(26-2)21(28-4)18(9-14)27-3/h5-9H,10-11H2,1-4H3,(H,23,25). The molecule has 0 spiro atoms. The van der Waals surface area contributed by atoms with Crippen molar-refractivity contribution >= 4 is 5.91 Å². The molecule has 162 valence electrons. The Morgan fingerprint density at radius 1 is 1.03 bits per heavy atom. The van der Waals surface area contributed by atoms with Crippen molar-refractivity contribution in [1.29, 1.82) is 0 Å². The van der Waals surface area contributed by atoms with Crippen LogP contribution in [0.3, 0.4) is 0 Å². The van der Waals surface area contributed by atoms with Crippen LogP contribution in [0.2, 0.25) is 0 Å². The van der Waals surface area contributed by atoms with Crippen molar-refractivity contribution < 1.29 is 33.0 Å². The summed E-state index contributed by atoms with van der Waals surface area (Å²) in [5.74, 6) is 2.77. The fraction of sp³-hybridized carbons (Fsp3) is 0.273. The molecule has 1 aliphatic rings. The molecule has 0 fully saturated rings. The zero-order valence-corrected chi connectivity index (χ0v) is 17.6. The summed E-state index contributed by atoms with van der Waals surface area (Å²) in [5, 5.41) is 6.99. The van der Waals surface area contributed by atoms with Crippen LogP contribution in [-0.4, -0.2) is 39.2 Å². The van der Waals surface area contributed by atoms with Gasteiger partial charge < -0.3 is 33.5 Å². The van der Waals surface area contributed by atoms with Crippen molar-refractivity contribution in [2.24, 2.45) is 0 Å². The van der Waals surface area contributed by atoms with Crippen LogP contribution in [0.25, 0.3) is 11.3 Å². The molecule has 9 heteroatoms. The van der Waals surface area contributed by atoms with E-state index in [9.17, 15) is 4.79 Å². The molecule has 0 unspecified atom stereocenters. The minimum absolute atomic E-state index is 0.198. The minimum Gasteiger partial charge on any atom is -0.493 e. The van der Waals surface area contributed by atoms with Crippen LogP contribution in [0.5, 0.6) is 28.7 Å². The Bertz CT molecular complexity index is 1100. The molecule has 4 rings (SSSR count). The lowest BCUT2D eigenvalue weighted by Crippen LogP contribution is -2.23. The van der Waals surface area contributed by atoms with Crippen LogP contribution in [0.1, 0.15) is 21.7 Å². The van der Waals surface area contributed by atoms with Gasteiger partial charge in [-0.2, -0.15) is 0 Å². The molecule has 0 bridgehead atoms. The van der Waals surface area contributed by atoms with Gasteiger partial charge >= 0.3 is 0 Å². The van der Waals surface area contributed by atoms with Crippen LogP contribution in [0.4, 0.5) is 0 Å². The number of aromatic nitrogens is 1. The molecule has 9 nitrogen and oxygen atoms in total. The van der Waals surface area contributed by atoms with Gasteiger partial charge in [0, 0.05) is 12.1 Å². The molecule has 0 radical (unpaired) electrons. The van der Waals surface area contributed by atoms with Gasteiger partial charge in [-0.05, 0) is 36.8 Å². The first-order valence-corrected chi connectivity index (χ1v) is 9.49. The summed E-state index contributed by atoms with van der Waals surface area (Å²) in [5.41, 5.74) is 2.18. The zero-order chi connectivity index (χ0) is 22.0. The Balaban J connectivity index is 1.61. The van der Waals surface area contributed by atoms with Gasteiger partial charge in [0.05, 0.1) is 21.3 Å². The maximum absolute atomic E-state index is 13.0. The molecule has 3 aromatic rings. The van der Waals surface area contributed by atoms with E-state index in [4.69, 9.17) is 28.2 Å². The highest BCUT2D eigenvalue weighted by atomic mass is 16.7. The summed E-state index contributed by atoms with van der Waals surface area (Å²) in [6, 6.07) is 8.95. The smallest absolute Gasteiger partial charge is 0.257 e. The molecular weight excluding hydrogens is 404 g/mol. The first-order valence-electron chi connectivity index (χ1n) is 9.49. The van der Waals surface area contributed by atoms with Gasteiger partial charge in [-0.15, -0.1) is 0 Å². The van der Waals surface area contributed by atoms with E-state index in [1.807, 2.05) is 18.2 Å². The Kier molecular flexibility index (Phi) is 5.57. The quantitative estimate of drug-likeness (QED) is 0.614. The van der Waals surface area contributed by atoms with Gasteiger partial charge in [-0.25, -0.2) is 0 Å². The van der Waals surface area contributed by atoms with Gasteiger partial charge in [-0.1, -0.05) is 11.2 Å². The van der Waals surface area contributed by atoms with Crippen molar-refractivity contribution in [3.8, 4) is 40.0 Å². The maximum atomic E-state index is 13.0. The number of benzene rings is 2. The monoisotopic (exact) mass is 426 g/mol. The number of carbonyl (C=O) groups excluding carboxylic acids is 1. The lowest BCUT2D eigenvalue weighted by atomic mass is 10.0. The number of nitrogens with zero attached hydrogens (tertiary/aromatic N) is 1. The number of fused-ring (bicyclic) bond motifs is 1. The zero-order valence-electron chi connectivity index (χ0n) is 17.6. The second-order valence-electron chi connectivity index (χ2n) is 6.75. The summed E-state index contributed by atoms with van der Waals surface area (Å²) in [4.78, 5) is 13.0. The average molecular weight is 426 g/mol. The van der Waals surface area contributed by atoms with Crippen LogP contribution < -0.4 is 29.0 Å². The molecular formula is C22H22N2O7. The van der Waals surface area contributed by atoms with E-state index in [1.165, 1.54) is 21.3 Å². The van der Waals surface area contributed by atoms with E-state index < -0.39 is 0 Å². The topological polar surface area (TPSA) is 101 Å². The minimum atomic E-state index is -0.319. The van der Waals surface area contributed by atoms with Crippen LogP contribution in [-0.2, 0) is 6.54 Å². The predicted molar refractivity (Wildman–Crippen MR) is 110 cm³/mol. The highest BCUT2D eigenvalue weighted by Crippen LogP contribution is 2.42. The third-order valence-electron chi connectivity index (χ3n) is 4.92. The number of aryl methyl sites for hydroxylation is 1. The number of rotatable bonds is 7.